The predicted molar refractivity (Wildman–Crippen MR) is 97.4 cm³/mol. The summed E-state index contributed by atoms with van der Waals surface area (Å²) in [5.74, 6) is 0. The summed E-state index contributed by atoms with van der Waals surface area (Å²) in [6.45, 7) is 15.4. The van der Waals surface area contributed by atoms with Gasteiger partial charge >= 0.3 is 7.12 Å². The largest absolute Gasteiger partial charge is 0.495 e. The highest BCUT2D eigenvalue weighted by atomic mass is 16.7. The van der Waals surface area contributed by atoms with Gasteiger partial charge in [0.2, 0.25) is 0 Å². The van der Waals surface area contributed by atoms with E-state index in [9.17, 15) is 4.79 Å². The van der Waals surface area contributed by atoms with Gasteiger partial charge in [-0.3, -0.25) is 9.20 Å². The number of fused-ring (bicyclic) bond motifs is 1. The second-order valence-electron chi connectivity index (χ2n) is 6.90. The maximum absolute atomic E-state index is 12.5. The van der Waals surface area contributed by atoms with Crippen LogP contribution in [0.3, 0.4) is 0 Å². The lowest BCUT2D eigenvalue weighted by molar-refractivity contribution is 0.00578. The molecule has 3 heterocycles. The van der Waals surface area contributed by atoms with Crippen LogP contribution in [0.4, 0.5) is 0 Å². The van der Waals surface area contributed by atoms with Crippen LogP contribution in [0, 0.1) is 0 Å². The molecule has 3 rings (SSSR count). The average molecular weight is 324 g/mol. The highest BCUT2D eigenvalue weighted by molar-refractivity contribution is 6.62. The summed E-state index contributed by atoms with van der Waals surface area (Å²) in [6.07, 6.45) is 4.74. The molecule has 0 bridgehead atoms. The van der Waals surface area contributed by atoms with Crippen molar-refractivity contribution in [3.63, 3.8) is 0 Å². The highest BCUT2D eigenvalue weighted by Gasteiger charge is 2.51. The fraction of sp³-hybridized carbons (Fsp3) is 0.333. The highest BCUT2D eigenvalue weighted by Crippen LogP contribution is 2.36. The lowest BCUT2D eigenvalue weighted by Crippen LogP contribution is -2.41. The Balaban J connectivity index is 2.12. The van der Waals surface area contributed by atoms with E-state index < -0.39 is 18.3 Å². The van der Waals surface area contributed by atoms with Gasteiger partial charge in [0.05, 0.1) is 22.5 Å². The smallest absolute Gasteiger partial charge is 0.399 e. The van der Waals surface area contributed by atoms with E-state index in [0.717, 1.165) is 5.46 Å². The third-order valence-corrected chi connectivity index (χ3v) is 4.84. The SMILES string of the molecule is C=Cc1nc2cc(B3OC(C)(C)C(C)(C)O3)ccn2c(=O)c1C=C. The van der Waals surface area contributed by atoms with Gasteiger partial charge in [-0.2, -0.15) is 0 Å². The van der Waals surface area contributed by atoms with Gasteiger partial charge in [-0.25, -0.2) is 4.98 Å². The van der Waals surface area contributed by atoms with Crippen molar-refractivity contribution in [3.05, 3.63) is 53.1 Å². The Kier molecular flexibility index (Phi) is 3.77. The van der Waals surface area contributed by atoms with Crippen LogP contribution in [0.1, 0.15) is 39.0 Å². The summed E-state index contributed by atoms with van der Waals surface area (Å²) in [7, 11) is -0.497. The molecule has 0 N–H and O–H groups in total. The number of rotatable bonds is 3. The Morgan fingerprint density at radius 1 is 1.17 bits per heavy atom. The number of aromatic nitrogens is 2. The quantitative estimate of drug-likeness (QED) is 0.813. The van der Waals surface area contributed by atoms with Crippen LogP contribution in [0.5, 0.6) is 0 Å². The Hall–Kier alpha value is -2.18. The number of hydrogen-bond acceptors (Lipinski definition) is 4. The van der Waals surface area contributed by atoms with E-state index in [1.54, 1.807) is 12.3 Å². The molecule has 2 aromatic heterocycles. The van der Waals surface area contributed by atoms with Crippen molar-refractivity contribution >= 4 is 30.4 Å². The summed E-state index contributed by atoms with van der Waals surface area (Å²) < 4.78 is 13.6. The van der Waals surface area contributed by atoms with E-state index in [4.69, 9.17) is 9.31 Å². The molecule has 0 aromatic carbocycles. The van der Waals surface area contributed by atoms with Crippen molar-refractivity contribution in [2.45, 2.75) is 38.9 Å². The maximum Gasteiger partial charge on any atom is 0.495 e. The molecule has 0 atom stereocenters. The van der Waals surface area contributed by atoms with Gasteiger partial charge in [0.25, 0.3) is 5.56 Å². The Morgan fingerprint density at radius 3 is 2.33 bits per heavy atom. The lowest BCUT2D eigenvalue weighted by Gasteiger charge is -2.32. The molecule has 6 heteroatoms. The number of pyridine rings is 1. The van der Waals surface area contributed by atoms with Gasteiger partial charge in [0.1, 0.15) is 5.65 Å². The topological polar surface area (TPSA) is 52.8 Å². The average Bonchev–Trinajstić information content (AvgIpc) is 2.74. The zero-order valence-electron chi connectivity index (χ0n) is 14.5. The molecule has 1 fully saturated rings. The van der Waals surface area contributed by atoms with Gasteiger partial charge in [-0.15, -0.1) is 0 Å². The van der Waals surface area contributed by atoms with Crippen molar-refractivity contribution < 1.29 is 9.31 Å². The third kappa shape index (κ3) is 2.42. The molecule has 5 nitrogen and oxygen atoms in total. The van der Waals surface area contributed by atoms with E-state index in [1.165, 1.54) is 10.5 Å². The van der Waals surface area contributed by atoms with Crippen molar-refractivity contribution in [1.82, 2.24) is 9.38 Å². The van der Waals surface area contributed by atoms with Crippen molar-refractivity contribution in [3.8, 4) is 0 Å². The van der Waals surface area contributed by atoms with Crippen LogP contribution in [0.25, 0.3) is 17.8 Å². The van der Waals surface area contributed by atoms with E-state index in [-0.39, 0.29) is 5.56 Å². The minimum absolute atomic E-state index is 0.176. The fourth-order valence-corrected chi connectivity index (χ4v) is 2.66. The molecule has 2 aromatic rings. The second-order valence-corrected chi connectivity index (χ2v) is 6.90. The summed E-state index contributed by atoms with van der Waals surface area (Å²) >= 11 is 0. The molecule has 1 aliphatic rings. The first kappa shape index (κ1) is 16.7. The molecule has 0 amide bonds. The lowest BCUT2D eigenvalue weighted by atomic mass is 9.80. The first-order valence-corrected chi connectivity index (χ1v) is 7.87. The van der Waals surface area contributed by atoms with Crippen LogP contribution < -0.4 is 11.0 Å². The van der Waals surface area contributed by atoms with Crippen molar-refractivity contribution in [1.29, 1.82) is 0 Å². The third-order valence-electron chi connectivity index (χ3n) is 4.84. The van der Waals surface area contributed by atoms with Gasteiger partial charge in [-0.05, 0) is 51.4 Å². The van der Waals surface area contributed by atoms with Crippen molar-refractivity contribution in [2.75, 3.05) is 0 Å². The summed E-state index contributed by atoms with van der Waals surface area (Å²) in [5, 5.41) is 0. The van der Waals surface area contributed by atoms with E-state index in [2.05, 4.69) is 18.1 Å². The Bertz CT molecular complexity index is 883. The van der Waals surface area contributed by atoms with Gasteiger partial charge < -0.3 is 9.31 Å². The maximum atomic E-state index is 12.5. The van der Waals surface area contributed by atoms with E-state index in [1.807, 2.05) is 39.8 Å². The zero-order chi connectivity index (χ0) is 17.7. The number of nitrogens with zero attached hydrogens (tertiary/aromatic N) is 2. The first-order valence-electron chi connectivity index (χ1n) is 7.87. The fourth-order valence-electron chi connectivity index (χ4n) is 2.66. The monoisotopic (exact) mass is 324 g/mol. The van der Waals surface area contributed by atoms with Crippen LogP contribution in [0.2, 0.25) is 0 Å². The van der Waals surface area contributed by atoms with Crippen molar-refractivity contribution in [2.24, 2.45) is 0 Å². The van der Waals surface area contributed by atoms with E-state index >= 15 is 0 Å². The van der Waals surface area contributed by atoms with Crippen LogP contribution in [-0.4, -0.2) is 27.7 Å². The molecule has 1 saturated heterocycles. The molecule has 0 aliphatic carbocycles. The molecular formula is C18H21BN2O3. The minimum atomic E-state index is -0.497. The number of hydrogen-bond donors (Lipinski definition) is 0. The second kappa shape index (κ2) is 5.43. The standard InChI is InChI=1S/C18H21BN2O3/c1-7-13-14(8-2)20-15-11-12(9-10-21(15)16(13)22)19-23-17(3,4)18(5,6)24-19/h7-11H,1-2H2,3-6H3. The summed E-state index contributed by atoms with van der Waals surface area (Å²) in [5.41, 5.74) is 1.28. The van der Waals surface area contributed by atoms with Crippen LogP contribution >= 0.6 is 0 Å². The van der Waals surface area contributed by atoms with E-state index in [0.29, 0.717) is 16.9 Å². The van der Waals surface area contributed by atoms with Crippen LogP contribution in [-0.2, 0) is 9.31 Å². The molecule has 24 heavy (non-hydrogen) atoms. The normalized spacial score (nSPS) is 18.8. The first-order chi connectivity index (χ1) is 11.2. The van der Waals surface area contributed by atoms with Gasteiger partial charge in [0.15, 0.2) is 0 Å². The van der Waals surface area contributed by atoms with Crippen LogP contribution in [0.15, 0.2) is 36.3 Å². The molecule has 1 aliphatic heterocycles. The van der Waals surface area contributed by atoms with Gasteiger partial charge in [0, 0.05) is 6.20 Å². The predicted octanol–water partition coefficient (Wildman–Crippen LogP) is 2.28. The molecule has 0 spiro atoms. The summed E-state index contributed by atoms with van der Waals surface area (Å²) in [6, 6.07) is 3.63. The molecule has 0 radical (unpaired) electrons. The zero-order valence-corrected chi connectivity index (χ0v) is 14.5. The Labute approximate surface area is 141 Å². The van der Waals surface area contributed by atoms with Gasteiger partial charge in [-0.1, -0.05) is 19.2 Å². The molecular weight excluding hydrogens is 303 g/mol. The minimum Gasteiger partial charge on any atom is -0.399 e. The molecule has 0 saturated carbocycles. The summed E-state index contributed by atoms with van der Waals surface area (Å²) in [4.78, 5) is 17.0. The Morgan fingerprint density at radius 2 is 1.79 bits per heavy atom. The molecule has 0 unspecified atom stereocenters. The molecule has 124 valence electrons.